The van der Waals surface area contributed by atoms with Gasteiger partial charge in [0.2, 0.25) is 0 Å². The Kier molecular flexibility index (Phi) is 6.39. The number of benzene rings is 1. The Morgan fingerprint density at radius 1 is 1.31 bits per heavy atom. The zero-order valence-electron chi connectivity index (χ0n) is 18.2. The summed E-state index contributed by atoms with van der Waals surface area (Å²) in [4.78, 5) is 16.2. The molecule has 3 heterocycles. The second kappa shape index (κ2) is 9.48. The molecule has 3 aromatic heterocycles. The third-order valence-electron chi connectivity index (χ3n) is 5.98. The maximum absolute atomic E-state index is 13.9. The van der Waals surface area contributed by atoms with Crippen molar-refractivity contribution >= 4 is 44.4 Å². The lowest BCUT2D eigenvalue weighted by molar-refractivity contribution is 0.0699. The van der Waals surface area contributed by atoms with Crippen molar-refractivity contribution in [2.45, 2.75) is 25.2 Å². The van der Waals surface area contributed by atoms with Gasteiger partial charge in [-0.2, -0.15) is 5.10 Å². The number of anilines is 1. The van der Waals surface area contributed by atoms with Gasteiger partial charge in [0.05, 0.1) is 21.9 Å². The topological polar surface area (TPSA) is 111 Å². The minimum atomic E-state index is -2.61. The SMILES string of the molecule is O=C(O)c1c(-c2cccnc2)nn2cc(N(CCc3ccc(Br)c(F)c3)S(=O)[O-])c(C3CC3)cc12. The number of hydrogen-bond acceptors (Lipinski definition) is 5. The highest BCUT2D eigenvalue weighted by molar-refractivity contribution is 9.10. The average molecular weight is 558 g/mol. The molecule has 1 atom stereocenters. The lowest BCUT2D eigenvalue weighted by atomic mass is 10.1. The molecule has 0 spiro atoms. The molecule has 0 saturated heterocycles. The van der Waals surface area contributed by atoms with Crippen LogP contribution in [0.25, 0.3) is 16.8 Å². The van der Waals surface area contributed by atoms with Crippen LogP contribution in [0.3, 0.4) is 0 Å². The standard InChI is InChI=1S/C24H20BrFN4O4S/c25-18-6-3-14(10-19(18)26)7-9-30(35(33)34)21-13-29-20(11-17(21)15-4-5-15)22(24(31)32)23(28-29)16-2-1-8-27-12-16/h1-3,6,8,10-13,15H,4-5,7,9H2,(H,31,32)(H,33,34)/p-1. The number of rotatable bonds is 8. The van der Waals surface area contributed by atoms with Crippen molar-refractivity contribution in [1.29, 1.82) is 0 Å². The molecule has 0 aliphatic heterocycles. The van der Waals surface area contributed by atoms with Gasteiger partial charge in [-0.3, -0.25) is 9.19 Å². The number of carbonyl (C=O) groups is 1. The molecule has 180 valence electrons. The van der Waals surface area contributed by atoms with Crippen molar-refractivity contribution in [3.63, 3.8) is 0 Å². The molecular weight excluding hydrogens is 539 g/mol. The Morgan fingerprint density at radius 3 is 2.74 bits per heavy atom. The maximum Gasteiger partial charge on any atom is 0.340 e. The first-order chi connectivity index (χ1) is 16.8. The zero-order chi connectivity index (χ0) is 24.7. The number of hydrogen-bond donors (Lipinski definition) is 1. The van der Waals surface area contributed by atoms with Crippen molar-refractivity contribution in [2.24, 2.45) is 0 Å². The van der Waals surface area contributed by atoms with E-state index < -0.39 is 23.1 Å². The minimum absolute atomic E-state index is 0.0339. The molecule has 35 heavy (non-hydrogen) atoms. The second-order valence-electron chi connectivity index (χ2n) is 8.31. The van der Waals surface area contributed by atoms with E-state index in [9.17, 15) is 23.1 Å². The quantitative estimate of drug-likeness (QED) is 0.314. The third-order valence-corrected chi connectivity index (χ3v) is 7.36. The van der Waals surface area contributed by atoms with Crippen molar-refractivity contribution < 1.29 is 23.1 Å². The van der Waals surface area contributed by atoms with E-state index in [-0.39, 0.29) is 23.7 Å². The van der Waals surface area contributed by atoms with Gasteiger partial charge in [-0.25, -0.2) is 13.7 Å². The molecule has 0 bridgehead atoms. The number of fused-ring (bicyclic) bond motifs is 1. The number of pyridine rings is 2. The summed E-state index contributed by atoms with van der Waals surface area (Å²) in [5, 5.41) is 14.4. The first-order valence-electron chi connectivity index (χ1n) is 10.8. The Hall–Kier alpha value is -3.15. The summed E-state index contributed by atoms with van der Waals surface area (Å²) < 4.78 is 41.5. The maximum atomic E-state index is 13.9. The molecule has 0 amide bonds. The Bertz CT molecular complexity index is 1460. The summed E-state index contributed by atoms with van der Waals surface area (Å²) in [6.45, 7) is 0.0882. The monoisotopic (exact) mass is 557 g/mol. The summed E-state index contributed by atoms with van der Waals surface area (Å²) >= 11 is 0.510. The molecule has 1 N–H and O–H groups in total. The van der Waals surface area contributed by atoms with Gasteiger partial charge in [-0.05, 0) is 82.6 Å². The highest BCUT2D eigenvalue weighted by atomic mass is 79.9. The summed E-state index contributed by atoms with van der Waals surface area (Å²) in [6, 6.07) is 9.83. The van der Waals surface area contributed by atoms with Crippen LogP contribution in [0.2, 0.25) is 0 Å². The smallest absolute Gasteiger partial charge is 0.340 e. The molecule has 1 aliphatic rings. The number of nitrogens with zero attached hydrogens (tertiary/aromatic N) is 4. The predicted molar refractivity (Wildman–Crippen MR) is 131 cm³/mol. The Balaban J connectivity index is 1.60. The van der Waals surface area contributed by atoms with Crippen molar-refractivity contribution in [3.05, 3.63) is 82.0 Å². The van der Waals surface area contributed by atoms with E-state index in [1.165, 1.54) is 21.1 Å². The number of carboxylic acid groups (broad SMARTS) is 1. The van der Waals surface area contributed by atoms with Gasteiger partial charge >= 0.3 is 5.97 Å². The van der Waals surface area contributed by atoms with E-state index in [4.69, 9.17) is 0 Å². The van der Waals surface area contributed by atoms with Crippen LogP contribution in [-0.4, -0.2) is 41.0 Å². The summed E-state index contributed by atoms with van der Waals surface area (Å²) in [5.41, 5.74) is 3.06. The summed E-state index contributed by atoms with van der Waals surface area (Å²) in [7, 11) is 0. The fourth-order valence-corrected chi connectivity index (χ4v) is 4.94. The van der Waals surface area contributed by atoms with Gasteiger partial charge < -0.3 is 14.0 Å². The second-order valence-corrected chi connectivity index (χ2v) is 10.0. The predicted octanol–water partition coefficient (Wildman–Crippen LogP) is 4.72. The number of aromatic carboxylic acids is 1. The molecule has 8 nitrogen and oxygen atoms in total. The van der Waals surface area contributed by atoms with Crippen molar-refractivity contribution in [2.75, 3.05) is 10.8 Å². The molecule has 0 radical (unpaired) electrons. The summed E-state index contributed by atoms with van der Waals surface area (Å²) in [5.74, 6) is -1.42. The van der Waals surface area contributed by atoms with Gasteiger partial charge in [0.1, 0.15) is 17.1 Å². The number of aromatic nitrogens is 3. The van der Waals surface area contributed by atoms with Gasteiger partial charge in [-0.15, -0.1) is 0 Å². The van der Waals surface area contributed by atoms with Crippen molar-refractivity contribution in [3.8, 4) is 11.3 Å². The Labute approximate surface area is 211 Å². The van der Waals surface area contributed by atoms with E-state index >= 15 is 0 Å². The van der Waals surface area contributed by atoms with E-state index in [0.717, 1.165) is 18.4 Å². The van der Waals surface area contributed by atoms with E-state index in [2.05, 4.69) is 26.0 Å². The fraction of sp³-hybridized carbons (Fsp3) is 0.208. The van der Waals surface area contributed by atoms with E-state index in [1.54, 1.807) is 42.7 Å². The number of carboxylic acids is 1. The van der Waals surface area contributed by atoms with Crippen LogP contribution in [-0.2, 0) is 17.7 Å². The summed E-state index contributed by atoms with van der Waals surface area (Å²) in [6.07, 6.45) is 6.74. The van der Waals surface area contributed by atoms with Crippen LogP contribution in [0.5, 0.6) is 0 Å². The molecule has 1 aromatic carbocycles. The molecule has 1 saturated carbocycles. The highest BCUT2D eigenvalue weighted by Crippen LogP contribution is 2.45. The third kappa shape index (κ3) is 4.71. The molecule has 1 aliphatic carbocycles. The first-order valence-corrected chi connectivity index (χ1v) is 12.7. The lowest BCUT2D eigenvalue weighted by Gasteiger charge is -2.28. The first kappa shape index (κ1) is 23.6. The van der Waals surface area contributed by atoms with E-state index in [1.807, 2.05) is 0 Å². The molecule has 1 unspecified atom stereocenters. The van der Waals surface area contributed by atoms with Gasteiger partial charge in [-0.1, -0.05) is 6.07 Å². The van der Waals surface area contributed by atoms with Crippen LogP contribution in [0.4, 0.5) is 10.1 Å². The Morgan fingerprint density at radius 2 is 2.11 bits per heavy atom. The highest BCUT2D eigenvalue weighted by Gasteiger charge is 2.31. The molecule has 4 aromatic rings. The average Bonchev–Trinajstić information content (AvgIpc) is 3.61. The van der Waals surface area contributed by atoms with Gasteiger partial charge in [0, 0.05) is 35.8 Å². The van der Waals surface area contributed by atoms with E-state index in [0.29, 0.717) is 33.2 Å². The zero-order valence-corrected chi connectivity index (χ0v) is 20.6. The van der Waals surface area contributed by atoms with Crippen molar-refractivity contribution in [1.82, 2.24) is 14.6 Å². The van der Waals surface area contributed by atoms with Crippen LogP contribution in [0, 0.1) is 5.82 Å². The van der Waals surface area contributed by atoms with Crippen LogP contribution in [0.15, 0.2) is 59.5 Å². The normalized spacial score (nSPS) is 14.3. The van der Waals surface area contributed by atoms with Gasteiger partial charge in [0.15, 0.2) is 0 Å². The molecule has 11 heteroatoms. The lowest BCUT2D eigenvalue weighted by Crippen LogP contribution is -2.29. The molecule has 5 rings (SSSR count). The largest absolute Gasteiger partial charge is 0.755 e. The van der Waals surface area contributed by atoms with Crippen LogP contribution < -0.4 is 4.31 Å². The fourth-order valence-electron chi connectivity index (χ4n) is 4.14. The molecular formula is C24H19BrFN4O4S-. The number of halogens is 2. The minimum Gasteiger partial charge on any atom is -0.755 e. The van der Waals surface area contributed by atoms with Gasteiger partial charge in [0.25, 0.3) is 0 Å². The van der Waals surface area contributed by atoms with Crippen LogP contribution >= 0.6 is 15.9 Å². The van der Waals surface area contributed by atoms with Crippen LogP contribution in [0.1, 0.15) is 40.2 Å². The molecule has 1 fully saturated rings.